The van der Waals surface area contributed by atoms with Crippen molar-refractivity contribution in [2.75, 3.05) is 13.2 Å². The van der Waals surface area contributed by atoms with Crippen LogP contribution in [0.2, 0.25) is 0 Å². The fraction of sp³-hybridized carbons (Fsp3) is 0.647. The number of ether oxygens (including phenoxy) is 1. The predicted octanol–water partition coefficient (Wildman–Crippen LogP) is 3.94. The summed E-state index contributed by atoms with van der Waals surface area (Å²) in [5.41, 5.74) is 1.37. The Labute approximate surface area is 117 Å². The lowest BCUT2D eigenvalue weighted by molar-refractivity contribution is 0.304. The van der Waals surface area contributed by atoms with Crippen LogP contribution in [0, 0.1) is 0 Å². The van der Waals surface area contributed by atoms with Gasteiger partial charge < -0.3 is 10.1 Å². The molecule has 0 heterocycles. The number of unbranched alkanes of at least 4 members (excludes halogenated alkanes) is 3. The molecule has 1 N–H and O–H groups in total. The van der Waals surface area contributed by atoms with E-state index in [1.165, 1.54) is 50.6 Å². The van der Waals surface area contributed by atoms with Crippen LogP contribution in [0.25, 0.3) is 0 Å². The van der Waals surface area contributed by atoms with Gasteiger partial charge in [0, 0.05) is 6.04 Å². The average molecular weight is 261 g/mol. The molecule has 1 aliphatic rings. The van der Waals surface area contributed by atoms with Crippen molar-refractivity contribution in [1.29, 1.82) is 0 Å². The molecule has 19 heavy (non-hydrogen) atoms. The number of rotatable bonds is 10. The van der Waals surface area contributed by atoms with Gasteiger partial charge in [-0.3, -0.25) is 0 Å². The lowest BCUT2D eigenvalue weighted by Crippen LogP contribution is -2.17. The van der Waals surface area contributed by atoms with E-state index in [2.05, 4.69) is 36.5 Å². The van der Waals surface area contributed by atoms with Crippen LogP contribution < -0.4 is 10.1 Å². The maximum atomic E-state index is 5.74. The molecule has 0 unspecified atom stereocenters. The number of aryl methyl sites for hydroxylation is 1. The third kappa shape index (κ3) is 6.11. The first kappa shape index (κ1) is 14.4. The summed E-state index contributed by atoms with van der Waals surface area (Å²) in [4.78, 5) is 0. The summed E-state index contributed by atoms with van der Waals surface area (Å²) < 4.78 is 5.74. The van der Waals surface area contributed by atoms with Crippen molar-refractivity contribution < 1.29 is 4.74 Å². The van der Waals surface area contributed by atoms with Gasteiger partial charge in [0.15, 0.2) is 0 Å². The SMILES string of the molecule is CCc1ccc(OCCCCCCNC2CC2)cc1. The van der Waals surface area contributed by atoms with Gasteiger partial charge in [0.2, 0.25) is 0 Å². The summed E-state index contributed by atoms with van der Waals surface area (Å²) in [6.45, 7) is 4.22. The van der Waals surface area contributed by atoms with E-state index in [0.717, 1.165) is 24.8 Å². The van der Waals surface area contributed by atoms with Gasteiger partial charge in [-0.15, -0.1) is 0 Å². The van der Waals surface area contributed by atoms with E-state index < -0.39 is 0 Å². The van der Waals surface area contributed by atoms with E-state index in [4.69, 9.17) is 4.74 Å². The molecule has 2 rings (SSSR count). The summed E-state index contributed by atoms with van der Waals surface area (Å²) in [6, 6.07) is 9.32. The molecule has 0 amide bonds. The molecule has 2 nitrogen and oxygen atoms in total. The molecule has 1 aromatic carbocycles. The lowest BCUT2D eigenvalue weighted by atomic mass is 10.2. The number of hydrogen-bond donors (Lipinski definition) is 1. The van der Waals surface area contributed by atoms with Crippen molar-refractivity contribution >= 4 is 0 Å². The van der Waals surface area contributed by atoms with Gasteiger partial charge >= 0.3 is 0 Å². The molecule has 1 aromatic rings. The van der Waals surface area contributed by atoms with Gasteiger partial charge in [-0.2, -0.15) is 0 Å². The molecule has 0 radical (unpaired) electrons. The largest absolute Gasteiger partial charge is 0.494 e. The van der Waals surface area contributed by atoms with E-state index in [1.54, 1.807) is 0 Å². The van der Waals surface area contributed by atoms with Gasteiger partial charge in [0.25, 0.3) is 0 Å². The van der Waals surface area contributed by atoms with Crippen molar-refractivity contribution in [2.45, 2.75) is 57.9 Å². The summed E-state index contributed by atoms with van der Waals surface area (Å²) in [5, 5.41) is 3.55. The molecule has 0 spiro atoms. The van der Waals surface area contributed by atoms with Crippen molar-refractivity contribution in [1.82, 2.24) is 5.32 Å². The summed E-state index contributed by atoms with van der Waals surface area (Å²) in [7, 11) is 0. The van der Waals surface area contributed by atoms with Crippen molar-refractivity contribution in [3.05, 3.63) is 29.8 Å². The summed E-state index contributed by atoms with van der Waals surface area (Å²) >= 11 is 0. The predicted molar refractivity (Wildman–Crippen MR) is 80.8 cm³/mol. The zero-order chi connectivity index (χ0) is 13.3. The Bertz CT molecular complexity index is 343. The van der Waals surface area contributed by atoms with E-state index >= 15 is 0 Å². The Kier molecular flexibility index (Phi) is 6.22. The molecular weight excluding hydrogens is 234 g/mol. The van der Waals surface area contributed by atoms with E-state index in [0.29, 0.717) is 0 Å². The fourth-order valence-electron chi connectivity index (χ4n) is 2.19. The molecule has 1 aliphatic carbocycles. The minimum atomic E-state index is 0.849. The van der Waals surface area contributed by atoms with Gasteiger partial charge in [0.05, 0.1) is 6.61 Å². The van der Waals surface area contributed by atoms with Crippen molar-refractivity contribution in [3.8, 4) is 5.75 Å². The molecular formula is C17H27NO. The number of benzene rings is 1. The van der Waals surface area contributed by atoms with Crippen LogP contribution in [0.3, 0.4) is 0 Å². The second kappa shape index (κ2) is 8.21. The Morgan fingerprint density at radius 1 is 1.05 bits per heavy atom. The maximum absolute atomic E-state index is 5.74. The lowest BCUT2D eigenvalue weighted by Gasteiger charge is -2.07. The molecule has 0 saturated heterocycles. The molecule has 0 bridgehead atoms. The zero-order valence-electron chi connectivity index (χ0n) is 12.2. The molecule has 0 aliphatic heterocycles. The maximum Gasteiger partial charge on any atom is 0.119 e. The van der Waals surface area contributed by atoms with Crippen LogP contribution in [0.5, 0.6) is 5.75 Å². The molecule has 0 atom stereocenters. The smallest absolute Gasteiger partial charge is 0.119 e. The van der Waals surface area contributed by atoms with Crippen LogP contribution in [0.1, 0.15) is 51.0 Å². The fourth-order valence-corrected chi connectivity index (χ4v) is 2.19. The first-order valence-electron chi connectivity index (χ1n) is 7.83. The van der Waals surface area contributed by atoms with Crippen LogP contribution in [-0.2, 0) is 6.42 Å². The molecule has 106 valence electrons. The van der Waals surface area contributed by atoms with Crippen LogP contribution in [0.15, 0.2) is 24.3 Å². The van der Waals surface area contributed by atoms with Gasteiger partial charge in [-0.05, 0) is 56.3 Å². The Morgan fingerprint density at radius 2 is 1.79 bits per heavy atom. The second-order valence-corrected chi connectivity index (χ2v) is 5.49. The van der Waals surface area contributed by atoms with Crippen molar-refractivity contribution in [2.24, 2.45) is 0 Å². The van der Waals surface area contributed by atoms with E-state index in [1.807, 2.05) is 0 Å². The first-order chi connectivity index (χ1) is 9.38. The van der Waals surface area contributed by atoms with Crippen LogP contribution in [0.4, 0.5) is 0 Å². The molecule has 1 fully saturated rings. The van der Waals surface area contributed by atoms with Gasteiger partial charge in [0.1, 0.15) is 5.75 Å². The molecule has 2 heteroatoms. The number of nitrogens with one attached hydrogen (secondary N) is 1. The highest BCUT2D eigenvalue weighted by Crippen LogP contribution is 2.18. The highest BCUT2D eigenvalue weighted by atomic mass is 16.5. The average Bonchev–Trinajstić information content (AvgIpc) is 3.26. The molecule has 1 saturated carbocycles. The van der Waals surface area contributed by atoms with Gasteiger partial charge in [-0.25, -0.2) is 0 Å². The Balaban J connectivity index is 1.44. The second-order valence-electron chi connectivity index (χ2n) is 5.49. The topological polar surface area (TPSA) is 21.3 Å². The minimum Gasteiger partial charge on any atom is -0.494 e. The van der Waals surface area contributed by atoms with E-state index in [-0.39, 0.29) is 0 Å². The normalized spacial score (nSPS) is 14.6. The Hall–Kier alpha value is -1.02. The molecule has 0 aromatic heterocycles. The van der Waals surface area contributed by atoms with Crippen LogP contribution >= 0.6 is 0 Å². The van der Waals surface area contributed by atoms with Gasteiger partial charge in [-0.1, -0.05) is 31.9 Å². The zero-order valence-corrected chi connectivity index (χ0v) is 12.2. The minimum absolute atomic E-state index is 0.849. The highest BCUT2D eigenvalue weighted by molar-refractivity contribution is 5.27. The standard InChI is InChI=1S/C17H27NO/c1-2-15-7-11-17(12-8-15)19-14-6-4-3-5-13-18-16-9-10-16/h7-8,11-12,16,18H,2-6,9-10,13-14H2,1H3. The van der Waals surface area contributed by atoms with E-state index in [9.17, 15) is 0 Å². The number of hydrogen-bond acceptors (Lipinski definition) is 2. The third-order valence-corrected chi connectivity index (χ3v) is 3.68. The quantitative estimate of drug-likeness (QED) is 0.644. The van der Waals surface area contributed by atoms with Crippen LogP contribution in [-0.4, -0.2) is 19.2 Å². The van der Waals surface area contributed by atoms with Crippen molar-refractivity contribution in [3.63, 3.8) is 0 Å². The summed E-state index contributed by atoms with van der Waals surface area (Å²) in [5.74, 6) is 1.01. The summed E-state index contributed by atoms with van der Waals surface area (Å²) in [6.07, 6.45) is 8.95. The first-order valence-corrected chi connectivity index (χ1v) is 7.83. The monoisotopic (exact) mass is 261 g/mol. The Morgan fingerprint density at radius 3 is 2.47 bits per heavy atom. The third-order valence-electron chi connectivity index (χ3n) is 3.68. The highest BCUT2D eigenvalue weighted by Gasteiger charge is 2.19.